The molecule has 0 aromatic rings. The van der Waals surface area contributed by atoms with Crippen molar-refractivity contribution >= 4 is 29.9 Å². The maximum atomic E-state index is 12.5. The largest absolute Gasteiger partial charge is 0.401 e. The summed E-state index contributed by atoms with van der Waals surface area (Å²) in [5.41, 5.74) is 0. The van der Waals surface area contributed by atoms with E-state index in [1.54, 1.807) is 7.05 Å². The van der Waals surface area contributed by atoms with Crippen molar-refractivity contribution in [3.05, 3.63) is 0 Å². The second kappa shape index (κ2) is 12.4. The SMILES string of the molecule is CN=C(NCC1CCN(CC(F)(F)F)C1)NCC1CN(CC(C)C)CCO1.I. The fourth-order valence-electron chi connectivity index (χ4n) is 3.73. The van der Waals surface area contributed by atoms with Crippen molar-refractivity contribution in [3.8, 4) is 0 Å². The third-order valence-electron chi connectivity index (χ3n) is 4.90. The third-order valence-corrected chi connectivity index (χ3v) is 4.90. The number of rotatable bonds is 7. The van der Waals surface area contributed by atoms with Crippen LogP contribution in [0.2, 0.25) is 0 Å². The van der Waals surface area contributed by atoms with Crippen molar-refractivity contribution in [3.63, 3.8) is 0 Å². The molecule has 0 saturated carbocycles. The highest BCUT2D eigenvalue weighted by Gasteiger charge is 2.34. The summed E-state index contributed by atoms with van der Waals surface area (Å²) in [5.74, 6) is 1.52. The van der Waals surface area contributed by atoms with Crippen LogP contribution in [0, 0.1) is 11.8 Å². The van der Waals surface area contributed by atoms with Gasteiger partial charge in [-0.3, -0.25) is 14.8 Å². The van der Waals surface area contributed by atoms with Crippen LogP contribution in [0.25, 0.3) is 0 Å². The Morgan fingerprint density at radius 2 is 1.86 bits per heavy atom. The summed E-state index contributed by atoms with van der Waals surface area (Å²) in [6.45, 7) is 9.56. The predicted octanol–water partition coefficient (Wildman–Crippen LogP) is 2.01. The summed E-state index contributed by atoms with van der Waals surface area (Å²) in [6, 6.07) is 0. The Kier molecular flexibility index (Phi) is 11.4. The van der Waals surface area contributed by atoms with Gasteiger partial charge in [-0.2, -0.15) is 13.2 Å². The number of morpholine rings is 1. The lowest BCUT2D eigenvalue weighted by molar-refractivity contribution is -0.143. The van der Waals surface area contributed by atoms with Crippen molar-refractivity contribution in [2.24, 2.45) is 16.8 Å². The number of likely N-dealkylation sites (tertiary alicyclic amines) is 1. The highest BCUT2D eigenvalue weighted by atomic mass is 127. The molecule has 6 nitrogen and oxygen atoms in total. The van der Waals surface area contributed by atoms with Gasteiger partial charge in [0, 0.05) is 46.3 Å². The van der Waals surface area contributed by atoms with Gasteiger partial charge in [-0.05, 0) is 24.8 Å². The molecule has 0 aromatic heterocycles. The minimum atomic E-state index is -4.12. The molecule has 0 bridgehead atoms. The molecule has 0 amide bonds. The molecular formula is C18H35F3IN5O. The topological polar surface area (TPSA) is 52.1 Å². The van der Waals surface area contributed by atoms with Crippen LogP contribution in [-0.4, -0.2) is 94.1 Å². The average molecular weight is 521 g/mol. The number of hydrogen-bond acceptors (Lipinski definition) is 4. The molecule has 2 fully saturated rings. The molecule has 2 unspecified atom stereocenters. The van der Waals surface area contributed by atoms with E-state index in [1.807, 2.05) is 0 Å². The molecule has 28 heavy (non-hydrogen) atoms. The van der Waals surface area contributed by atoms with Crippen molar-refractivity contribution in [2.75, 3.05) is 66.0 Å². The molecule has 10 heteroatoms. The van der Waals surface area contributed by atoms with E-state index >= 15 is 0 Å². The van der Waals surface area contributed by atoms with Crippen molar-refractivity contribution < 1.29 is 17.9 Å². The first-order valence-corrected chi connectivity index (χ1v) is 9.82. The molecule has 2 aliphatic rings. The monoisotopic (exact) mass is 521 g/mol. The van der Waals surface area contributed by atoms with E-state index in [1.165, 1.54) is 4.90 Å². The van der Waals surface area contributed by atoms with E-state index in [0.717, 1.165) is 32.7 Å². The van der Waals surface area contributed by atoms with Crippen molar-refractivity contribution in [1.29, 1.82) is 0 Å². The van der Waals surface area contributed by atoms with Gasteiger partial charge in [0.1, 0.15) is 0 Å². The Hall–Kier alpha value is -0.330. The number of alkyl halides is 3. The maximum Gasteiger partial charge on any atom is 0.401 e. The average Bonchev–Trinajstić information content (AvgIpc) is 3.00. The second-order valence-electron chi connectivity index (χ2n) is 7.99. The maximum absolute atomic E-state index is 12.5. The predicted molar refractivity (Wildman–Crippen MR) is 116 cm³/mol. The summed E-state index contributed by atoms with van der Waals surface area (Å²) >= 11 is 0. The van der Waals surface area contributed by atoms with Gasteiger partial charge in [0.25, 0.3) is 0 Å². The molecule has 166 valence electrons. The first-order chi connectivity index (χ1) is 12.7. The first-order valence-electron chi connectivity index (χ1n) is 9.82. The number of hydrogen-bond donors (Lipinski definition) is 2. The molecule has 2 saturated heterocycles. The Morgan fingerprint density at radius 3 is 2.50 bits per heavy atom. The van der Waals surface area contributed by atoms with E-state index < -0.39 is 12.7 Å². The summed E-state index contributed by atoms with van der Waals surface area (Å²) < 4.78 is 43.3. The summed E-state index contributed by atoms with van der Waals surface area (Å²) in [6.07, 6.45) is -3.23. The molecule has 0 spiro atoms. The van der Waals surface area contributed by atoms with Crippen LogP contribution in [0.4, 0.5) is 13.2 Å². The Balaban J connectivity index is 0.00000392. The second-order valence-corrected chi connectivity index (χ2v) is 7.99. The zero-order chi connectivity index (χ0) is 19.9. The van der Waals surface area contributed by atoms with Crippen LogP contribution in [0.5, 0.6) is 0 Å². The molecule has 2 heterocycles. The lowest BCUT2D eigenvalue weighted by atomic mass is 10.1. The van der Waals surface area contributed by atoms with Gasteiger partial charge in [-0.1, -0.05) is 13.8 Å². The molecule has 0 radical (unpaired) electrons. The molecule has 0 aliphatic carbocycles. The molecule has 2 aliphatic heterocycles. The van der Waals surface area contributed by atoms with Gasteiger partial charge in [0.15, 0.2) is 5.96 Å². The van der Waals surface area contributed by atoms with Crippen LogP contribution in [0.3, 0.4) is 0 Å². The highest BCUT2D eigenvalue weighted by molar-refractivity contribution is 14.0. The number of nitrogens with zero attached hydrogens (tertiary/aromatic N) is 3. The lowest BCUT2D eigenvalue weighted by Gasteiger charge is -2.34. The van der Waals surface area contributed by atoms with E-state index in [-0.39, 0.29) is 36.0 Å². The zero-order valence-corrected chi connectivity index (χ0v) is 19.4. The van der Waals surface area contributed by atoms with Crippen LogP contribution >= 0.6 is 24.0 Å². The third kappa shape index (κ3) is 9.93. The molecule has 0 aromatic carbocycles. The number of halogens is 4. The molecular weight excluding hydrogens is 486 g/mol. The normalized spacial score (nSPS) is 25.0. The number of guanidine groups is 1. The quantitative estimate of drug-likeness (QED) is 0.305. The van der Waals surface area contributed by atoms with E-state index in [9.17, 15) is 13.2 Å². The summed E-state index contributed by atoms with van der Waals surface area (Å²) in [4.78, 5) is 8.11. The van der Waals surface area contributed by atoms with Gasteiger partial charge in [0.05, 0.1) is 19.3 Å². The molecule has 2 rings (SSSR count). The van der Waals surface area contributed by atoms with Crippen LogP contribution in [0.1, 0.15) is 20.3 Å². The number of nitrogens with one attached hydrogen (secondary N) is 2. The minimum Gasteiger partial charge on any atom is -0.374 e. The fraction of sp³-hybridized carbons (Fsp3) is 0.944. The van der Waals surface area contributed by atoms with Gasteiger partial charge in [0.2, 0.25) is 0 Å². The Labute approximate surface area is 183 Å². The minimum absolute atomic E-state index is 0. The van der Waals surface area contributed by atoms with E-state index in [2.05, 4.69) is 34.4 Å². The van der Waals surface area contributed by atoms with Gasteiger partial charge in [-0.15, -0.1) is 24.0 Å². The van der Waals surface area contributed by atoms with E-state index in [4.69, 9.17) is 4.74 Å². The molecule has 2 N–H and O–H groups in total. The van der Waals surface area contributed by atoms with Gasteiger partial charge >= 0.3 is 6.18 Å². The number of ether oxygens (including phenoxy) is 1. The number of aliphatic imine (C=N–C) groups is 1. The Morgan fingerprint density at radius 1 is 1.14 bits per heavy atom. The standard InChI is InChI=1S/C18H34F3N5O.HI/c1-14(2)10-25-6-7-27-16(12-25)9-24-17(22-3)23-8-15-4-5-26(11-15)13-18(19,20)21;/h14-16H,4-13H2,1-3H3,(H2,22,23,24);1H. The van der Waals surface area contributed by atoms with Crippen LogP contribution in [-0.2, 0) is 4.74 Å². The lowest BCUT2D eigenvalue weighted by Crippen LogP contribution is -2.50. The highest BCUT2D eigenvalue weighted by Crippen LogP contribution is 2.22. The smallest absolute Gasteiger partial charge is 0.374 e. The summed E-state index contributed by atoms with van der Waals surface area (Å²) in [7, 11) is 1.70. The summed E-state index contributed by atoms with van der Waals surface area (Å²) in [5, 5.41) is 6.52. The first kappa shape index (κ1) is 25.7. The van der Waals surface area contributed by atoms with Crippen molar-refractivity contribution in [1.82, 2.24) is 20.4 Å². The Bertz CT molecular complexity index is 479. The van der Waals surface area contributed by atoms with Crippen molar-refractivity contribution in [2.45, 2.75) is 32.5 Å². The van der Waals surface area contributed by atoms with Crippen LogP contribution < -0.4 is 10.6 Å². The van der Waals surface area contributed by atoms with Gasteiger partial charge < -0.3 is 15.4 Å². The zero-order valence-electron chi connectivity index (χ0n) is 17.1. The van der Waals surface area contributed by atoms with Gasteiger partial charge in [-0.25, -0.2) is 0 Å². The van der Waals surface area contributed by atoms with Crippen LogP contribution in [0.15, 0.2) is 4.99 Å². The fourth-order valence-corrected chi connectivity index (χ4v) is 3.73. The molecule has 2 atom stereocenters. The van der Waals surface area contributed by atoms with E-state index in [0.29, 0.717) is 38.1 Å².